The normalized spacial score (nSPS) is 10.3. The molecule has 0 atom stereocenters. The zero-order valence-corrected chi connectivity index (χ0v) is 15.8. The van der Waals surface area contributed by atoms with Gasteiger partial charge in [0.2, 0.25) is 0 Å². The first-order chi connectivity index (χ1) is 13.1. The number of ether oxygens (including phenoxy) is 1. The Morgan fingerprint density at radius 3 is 2.59 bits per heavy atom. The van der Waals surface area contributed by atoms with Crippen molar-refractivity contribution in [3.8, 4) is 5.75 Å². The van der Waals surface area contributed by atoms with Crippen LogP contribution in [0.25, 0.3) is 0 Å². The molecule has 0 saturated carbocycles. The summed E-state index contributed by atoms with van der Waals surface area (Å²) in [6, 6.07) is 15.9. The van der Waals surface area contributed by atoms with Crippen molar-refractivity contribution in [3.05, 3.63) is 88.2 Å². The lowest BCUT2D eigenvalue weighted by molar-refractivity contribution is 0.251. The van der Waals surface area contributed by atoms with Gasteiger partial charge in [0.25, 0.3) is 0 Å². The Balaban J connectivity index is 1.49. The van der Waals surface area contributed by atoms with Crippen molar-refractivity contribution in [1.29, 1.82) is 0 Å². The topological polar surface area (TPSA) is 63.2 Å². The van der Waals surface area contributed by atoms with E-state index in [0.717, 1.165) is 11.1 Å². The molecule has 0 aliphatic heterocycles. The molecule has 0 aliphatic carbocycles. The van der Waals surface area contributed by atoms with E-state index in [2.05, 4.69) is 15.6 Å². The molecule has 2 aromatic carbocycles. The summed E-state index contributed by atoms with van der Waals surface area (Å²) in [4.78, 5) is 16.0. The van der Waals surface area contributed by atoms with Crippen molar-refractivity contribution in [2.45, 2.75) is 13.2 Å². The van der Waals surface area contributed by atoms with Gasteiger partial charge in [0.1, 0.15) is 12.4 Å². The fourth-order valence-corrected chi connectivity index (χ4v) is 2.63. The van der Waals surface area contributed by atoms with Crippen molar-refractivity contribution in [2.75, 3.05) is 5.32 Å². The third-order valence-electron chi connectivity index (χ3n) is 3.68. The quantitative estimate of drug-likeness (QED) is 0.589. The van der Waals surface area contributed by atoms with Crippen molar-refractivity contribution < 1.29 is 9.53 Å². The molecule has 0 aliphatic rings. The van der Waals surface area contributed by atoms with E-state index in [1.807, 2.05) is 36.4 Å². The van der Waals surface area contributed by atoms with Gasteiger partial charge in [0.15, 0.2) is 0 Å². The predicted octanol–water partition coefficient (Wildman–Crippen LogP) is 5.29. The van der Waals surface area contributed by atoms with E-state index >= 15 is 0 Å². The minimum absolute atomic E-state index is 0.284. The highest BCUT2D eigenvalue weighted by atomic mass is 35.5. The Kier molecular flexibility index (Phi) is 6.52. The number of nitrogens with zero attached hydrogens (tertiary/aromatic N) is 1. The van der Waals surface area contributed by atoms with Crippen LogP contribution >= 0.6 is 23.2 Å². The second kappa shape index (κ2) is 9.26. The molecule has 3 aromatic rings. The average Bonchev–Trinajstić information content (AvgIpc) is 2.69. The van der Waals surface area contributed by atoms with E-state index in [9.17, 15) is 4.79 Å². The highest BCUT2D eigenvalue weighted by Crippen LogP contribution is 2.28. The number of urea groups is 1. The van der Waals surface area contributed by atoms with E-state index in [-0.39, 0.29) is 6.03 Å². The summed E-state index contributed by atoms with van der Waals surface area (Å²) in [5.74, 6) is 0.529. The first-order valence-electron chi connectivity index (χ1n) is 8.21. The van der Waals surface area contributed by atoms with Gasteiger partial charge in [-0.05, 0) is 41.5 Å². The van der Waals surface area contributed by atoms with Crippen molar-refractivity contribution >= 4 is 34.9 Å². The molecule has 5 nitrogen and oxygen atoms in total. The molecule has 0 unspecified atom stereocenters. The number of halogens is 2. The molecule has 0 spiro atoms. The second-order valence-electron chi connectivity index (χ2n) is 5.73. The highest BCUT2D eigenvalue weighted by molar-refractivity contribution is 6.34. The van der Waals surface area contributed by atoms with Gasteiger partial charge in [-0.15, -0.1) is 0 Å². The molecule has 1 aromatic heterocycles. The van der Waals surface area contributed by atoms with Crippen molar-refractivity contribution in [1.82, 2.24) is 10.3 Å². The minimum atomic E-state index is -0.284. The number of nitrogens with one attached hydrogen (secondary N) is 2. The summed E-state index contributed by atoms with van der Waals surface area (Å²) in [6.45, 7) is 0.750. The van der Waals surface area contributed by atoms with E-state index in [1.54, 1.807) is 30.6 Å². The fourth-order valence-electron chi connectivity index (χ4n) is 2.29. The molecule has 2 N–H and O–H groups in total. The lowest BCUT2D eigenvalue weighted by Gasteiger charge is -2.10. The predicted molar refractivity (Wildman–Crippen MR) is 107 cm³/mol. The number of carbonyl (C=O) groups is 1. The van der Waals surface area contributed by atoms with Gasteiger partial charge in [-0.25, -0.2) is 4.79 Å². The summed E-state index contributed by atoms with van der Waals surface area (Å²) < 4.78 is 5.69. The number of benzene rings is 2. The Morgan fingerprint density at radius 2 is 1.85 bits per heavy atom. The molecular weight excluding hydrogens is 385 g/mol. The van der Waals surface area contributed by atoms with Crippen LogP contribution < -0.4 is 15.4 Å². The Morgan fingerprint density at radius 1 is 1.04 bits per heavy atom. The number of carbonyl (C=O) groups excluding carboxylic acids is 1. The summed E-state index contributed by atoms with van der Waals surface area (Å²) in [7, 11) is 0. The Bertz CT molecular complexity index is 903. The lowest BCUT2D eigenvalue weighted by Crippen LogP contribution is -2.28. The number of pyridine rings is 1. The van der Waals surface area contributed by atoms with Crippen LogP contribution in [0.2, 0.25) is 10.0 Å². The maximum absolute atomic E-state index is 12.0. The number of hydrogen-bond donors (Lipinski definition) is 2. The molecule has 7 heteroatoms. The largest absolute Gasteiger partial charge is 0.487 e. The van der Waals surface area contributed by atoms with E-state index in [0.29, 0.717) is 34.6 Å². The van der Waals surface area contributed by atoms with Gasteiger partial charge in [0.05, 0.1) is 5.02 Å². The zero-order chi connectivity index (χ0) is 19.1. The van der Waals surface area contributed by atoms with Gasteiger partial charge in [0, 0.05) is 35.7 Å². The third kappa shape index (κ3) is 5.88. The monoisotopic (exact) mass is 401 g/mol. The summed E-state index contributed by atoms with van der Waals surface area (Å²) in [5.41, 5.74) is 2.55. The smallest absolute Gasteiger partial charge is 0.319 e. The van der Waals surface area contributed by atoms with Crippen LogP contribution in [-0.4, -0.2) is 11.0 Å². The second-order valence-corrected chi connectivity index (χ2v) is 6.57. The molecule has 0 saturated heterocycles. The number of aromatic nitrogens is 1. The first kappa shape index (κ1) is 19.0. The van der Waals surface area contributed by atoms with Crippen LogP contribution in [0.5, 0.6) is 5.75 Å². The van der Waals surface area contributed by atoms with E-state index < -0.39 is 0 Å². The maximum atomic E-state index is 12.0. The Labute approximate surface area is 167 Å². The summed E-state index contributed by atoms with van der Waals surface area (Å²) in [5, 5.41) is 6.62. The SMILES string of the molecule is O=C(NCc1cccnc1)Nc1ccc(COc2cc(Cl)ccc2Cl)cc1. The molecule has 27 heavy (non-hydrogen) atoms. The van der Waals surface area contributed by atoms with E-state index in [1.165, 1.54) is 0 Å². The standard InChI is InChI=1S/C20H17Cl2N3O2/c21-16-5-8-18(22)19(10-16)27-13-14-3-6-17(7-4-14)25-20(26)24-12-15-2-1-9-23-11-15/h1-11H,12-13H2,(H2,24,25,26). The molecule has 0 bridgehead atoms. The molecule has 0 fully saturated rings. The minimum Gasteiger partial charge on any atom is -0.487 e. The van der Waals surface area contributed by atoms with Crippen LogP contribution in [0.4, 0.5) is 10.5 Å². The first-order valence-corrected chi connectivity index (χ1v) is 8.96. The average molecular weight is 402 g/mol. The van der Waals surface area contributed by atoms with Gasteiger partial charge >= 0.3 is 6.03 Å². The van der Waals surface area contributed by atoms with Crippen molar-refractivity contribution in [2.24, 2.45) is 0 Å². The number of hydrogen-bond acceptors (Lipinski definition) is 3. The van der Waals surface area contributed by atoms with Crippen LogP contribution in [0.1, 0.15) is 11.1 Å². The molecular formula is C20H17Cl2N3O2. The molecule has 0 radical (unpaired) electrons. The van der Waals surface area contributed by atoms with Gasteiger partial charge in [-0.3, -0.25) is 4.98 Å². The van der Waals surface area contributed by atoms with Crippen LogP contribution in [-0.2, 0) is 13.2 Å². The number of rotatable bonds is 6. The summed E-state index contributed by atoms with van der Waals surface area (Å²) >= 11 is 12.0. The number of amides is 2. The van der Waals surface area contributed by atoms with Gasteiger partial charge in [-0.1, -0.05) is 41.4 Å². The fraction of sp³-hybridized carbons (Fsp3) is 0.100. The van der Waals surface area contributed by atoms with E-state index in [4.69, 9.17) is 27.9 Å². The van der Waals surface area contributed by atoms with Crippen LogP contribution in [0.15, 0.2) is 67.0 Å². The molecule has 3 rings (SSSR count). The zero-order valence-electron chi connectivity index (χ0n) is 14.3. The highest BCUT2D eigenvalue weighted by Gasteiger charge is 2.05. The van der Waals surface area contributed by atoms with Gasteiger partial charge in [-0.2, -0.15) is 0 Å². The summed E-state index contributed by atoms with van der Waals surface area (Å²) in [6.07, 6.45) is 3.40. The number of anilines is 1. The lowest BCUT2D eigenvalue weighted by atomic mass is 10.2. The van der Waals surface area contributed by atoms with Gasteiger partial charge < -0.3 is 15.4 Å². The molecule has 1 heterocycles. The maximum Gasteiger partial charge on any atom is 0.319 e. The third-order valence-corrected chi connectivity index (χ3v) is 4.22. The molecule has 138 valence electrons. The van der Waals surface area contributed by atoms with Crippen molar-refractivity contribution in [3.63, 3.8) is 0 Å². The van der Waals surface area contributed by atoms with Crippen LogP contribution in [0.3, 0.4) is 0 Å². The Hall–Kier alpha value is -2.76. The van der Waals surface area contributed by atoms with Crippen LogP contribution in [0, 0.1) is 0 Å². The molecule has 2 amide bonds.